The predicted molar refractivity (Wildman–Crippen MR) is 87.5 cm³/mol. The number of nitrogens with zero attached hydrogens (tertiary/aromatic N) is 1. The van der Waals surface area contributed by atoms with E-state index >= 15 is 0 Å². The second-order valence-electron chi connectivity index (χ2n) is 5.57. The minimum atomic E-state index is -3.51. The summed E-state index contributed by atoms with van der Waals surface area (Å²) < 4.78 is 28.0. The zero-order chi connectivity index (χ0) is 15.6. The molecule has 0 radical (unpaired) electrons. The molecule has 5 nitrogen and oxygen atoms in total. The van der Waals surface area contributed by atoms with Crippen molar-refractivity contribution in [3.05, 3.63) is 28.2 Å². The Hall–Kier alpha value is -0.470. The number of likely N-dealkylation sites (N-methyl/N-ethyl adjacent to an activating group) is 1. The van der Waals surface area contributed by atoms with Gasteiger partial charge in [-0.15, -0.1) is 0 Å². The van der Waals surface area contributed by atoms with Gasteiger partial charge in [0.05, 0.1) is 4.90 Å². The van der Waals surface area contributed by atoms with E-state index in [1.807, 2.05) is 14.0 Å². The molecule has 1 saturated carbocycles. The molecule has 0 saturated heterocycles. The van der Waals surface area contributed by atoms with E-state index in [1.165, 1.54) is 12.8 Å². The monoisotopic (exact) mass is 375 g/mol. The summed E-state index contributed by atoms with van der Waals surface area (Å²) >= 11 is 3.31. The fourth-order valence-corrected chi connectivity index (χ4v) is 4.43. The second-order valence-corrected chi connectivity index (χ2v) is 8.16. The zero-order valence-electron chi connectivity index (χ0n) is 12.3. The van der Waals surface area contributed by atoms with Crippen LogP contribution in [0.5, 0.6) is 0 Å². The first-order valence-corrected chi connectivity index (χ1v) is 9.33. The first-order valence-electron chi connectivity index (χ1n) is 7.05. The lowest BCUT2D eigenvalue weighted by Gasteiger charge is -2.24. The van der Waals surface area contributed by atoms with E-state index in [0.717, 1.165) is 5.56 Å². The third-order valence-electron chi connectivity index (χ3n) is 3.91. The van der Waals surface area contributed by atoms with Gasteiger partial charge in [-0.25, -0.2) is 13.1 Å². The normalized spacial score (nSPS) is 17.2. The minimum Gasteiger partial charge on any atom is -0.326 e. The largest absolute Gasteiger partial charge is 0.326 e. The molecule has 0 heterocycles. The average Bonchev–Trinajstić information content (AvgIpc) is 3.28. The second kappa shape index (κ2) is 6.75. The van der Waals surface area contributed by atoms with Crippen LogP contribution in [0.4, 0.5) is 0 Å². The molecule has 0 aliphatic heterocycles. The van der Waals surface area contributed by atoms with Gasteiger partial charge in [0.25, 0.3) is 0 Å². The van der Waals surface area contributed by atoms with Gasteiger partial charge in [0.15, 0.2) is 0 Å². The zero-order valence-corrected chi connectivity index (χ0v) is 14.7. The van der Waals surface area contributed by atoms with Crippen LogP contribution in [0.2, 0.25) is 0 Å². The number of benzene rings is 1. The summed E-state index contributed by atoms with van der Waals surface area (Å²) in [6.07, 6.45) is 2.42. The Bertz CT molecular complexity index is 602. The van der Waals surface area contributed by atoms with E-state index in [0.29, 0.717) is 23.6 Å². The lowest BCUT2D eigenvalue weighted by molar-refractivity contribution is 0.248. The SMILES string of the molecule is CC(CNS(=O)(=O)c1ccc(CN)cc1Br)N(C)C1CC1. The van der Waals surface area contributed by atoms with Gasteiger partial charge >= 0.3 is 0 Å². The Morgan fingerprint density at radius 3 is 2.67 bits per heavy atom. The summed E-state index contributed by atoms with van der Waals surface area (Å²) in [4.78, 5) is 2.48. The summed E-state index contributed by atoms with van der Waals surface area (Å²) in [7, 11) is -1.47. The highest BCUT2D eigenvalue weighted by molar-refractivity contribution is 9.10. The number of nitrogens with one attached hydrogen (secondary N) is 1. The van der Waals surface area contributed by atoms with Crippen molar-refractivity contribution >= 4 is 26.0 Å². The van der Waals surface area contributed by atoms with Crippen molar-refractivity contribution < 1.29 is 8.42 Å². The summed E-state index contributed by atoms with van der Waals surface area (Å²) in [5.74, 6) is 0. The molecule has 118 valence electrons. The molecule has 21 heavy (non-hydrogen) atoms. The smallest absolute Gasteiger partial charge is 0.241 e. The van der Waals surface area contributed by atoms with Crippen molar-refractivity contribution in [1.82, 2.24) is 9.62 Å². The predicted octanol–water partition coefficient (Wildman–Crippen LogP) is 1.67. The quantitative estimate of drug-likeness (QED) is 0.759. The van der Waals surface area contributed by atoms with Crippen LogP contribution >= 0.6 is 15.9 Å². The van der Waals surface area contributed by atoms with Gasteiger partial charge < -0.3 is 5.73 Å². The van der Waals surface area contributed by atoms with E-state index in [1.54, 1.807) is 18.2 Å². The summed E-state index contributed by atoms with van der Waals surface area (Å²) in [5, 5.41) is 0. The highest BCUT2D eigenvalue weighted by Gasteiger charge is 2.29. The van der Waals surface area contributed by atoms with Crippen molar-refractivity contribution in [1.29, 1.82) is 0 Å². The van der Waals surface area contributed by atoms with Gasteiger partial charge in [-0.3, -0.25) is 4.90 Å². The maximum Gasteiger partial charge on any atom is 0.241 e. The first-order chi connectivity index (χ1) is 9.85. The third kappa shape index (κ3) is 4.26. The molecule has 1 aliphatic rings. The van der Waals surface area contributed by atoms with Gasteiger partial charge in [0.1, 0.15) is 0 Å². The van der Waals surface area contributed by atoms with E-state index in [-0.39, 0.29) is 10.9 Å². The number of halogens is 1. The topological polar surface area (TPSA) is 75.4 Å². The van der Waals surface area contributed by atoms with Crippen molar-refractivity contribution in [2.24, 2.45) is 5.73 Å². The molecule has 7 heteroatoms. The van der Waals surface area contributed by atoms with Crippen LogP contribution < -0.4 is 10.5 Å². The molecule has 0 spiro atoms. The van der Waals surface area contributed by atoms with Crippen LogP contribution in [-0.2, 0) is 16.6 Å². The van der Waals surface area contributed by atoms with Gasteiger partial charge in [-0.1, -0.05) is 6.07 Å². The van der Waals surface area contributed by atoms with Crippen molar-refractivity contribution in [3.8, 4) is 0 Å². The highest BCUT2D eigenvalue weighted by Crippen LogP contribution is 2.27. The molecule has 1 aromatic carbocycles. The molecule has 0 amide bonds. The van der Waals surface area contributed by atoms with E-state index in [4.69, 9.17) is 5.73 Å². The fraction of sp³-hybridized carbons (Fsp3) is 0.571. The van der Waals surface area contributed by atoms with Gasteiger partial charge in [0, 0.05) is 29.6 Å². The Morgan fingerprint density at radius 1 is 1.48 bits per heavy atom. The highest BCUT2D eigenvalue weighted by atomic mass is 79.9. The van der Waals surface area contributed by atoms with Crippen LogP contribution in [-0.4, -0.2) is 39.0 Å². The standard InChI is InChI=1S/C14H22BrN3O2S/c1-10(18(2)12-4-5-12)9-17-21(19,20)14-6-3-11(8-16)7-13(14)15/h3,6-7,10,12,17H,4-5,8-9,16H2,1-2H3. The number of rotatable bonds is 7. The first kappa shape index (κ1) is 16.9. The van der Waals surface area contributed by atoms with Crippen molar-refractivity contribution in [2.75, 3.05) is 13.6 Å². The molecule has 1 atom stereocenters. The van der Waals surface area contributed by atoms with Crippen LogP contribution in [0.3, 0.4) is 0 Å². The Labute approximate surface area is 135 Å². The number of hydrogen-bond acceptors (Lipinski definition) is 4. The Balaban J connectivity index is 2.04. The summed E-state index contributed by atoms with van der Waals surface area (Å²) in [5.41, 5.74) is 6.44. The van der Waals surface area contributed by atoms with Crippen molar-refractivity contribution in [3.63, 3.8) is 0 Å². The average molecular weight is 376 g/mol. The van der Waals surface area contributed by atoms with E-state index in [9.17, 15) is 8.42 Å². The van der Waals surface area contributed by atoms with E-state index < -0.39 is 10.0 Å². The molecule has 2 rings (SSSR count). The Morgan fingerprint density at radius 2 is 2.14 bits per heavy atom. The Kier molecular flexibility index (Phi) is 5.43. The van der Waals surface area contributed by atoms with E-state index in [2.05, 4.69) is 25.6 Å². The summed E-state index contributed by atoms with van der Waals surface area (Å²) in [6, 6.07) is 5.85. The minimum absolute atomic E-state index is 0.175. The van der Waals surface area contributed by atoms with Crippen LogP contribution in [0.1, 0.15) is 25.3 Å². The van der Waals surface area contributed by atoms with Gasteiger partial charge in [0.2, 0.25) is 10.0 Å². The van der Waals surface area contributed by atoms with Gasteiger partial charge in [-0.2, -0.15) is 0 Å². The molecular formula is C14H22BrN3O2S. The lowest BCUT2D eigenvalue weighted by atomic mass is 10.2. The van der Waals surface area contributed by atoms with Gasteiger partial charge in [-0.05, 0) is 60.4 Å². The lowest BCUT2D eigenvalue weighted by Crippen LogP contribution is -2.41. The molecule has 1 fully saturated rings. The molecule has 1 aliphatic carbocycles. The molecule has 0 bridgehead atoms. The number of nitrogens with two attached hydrogens (primary N) is 1. The van der Waals surface area contributed by atoms with Crippen molar-refractivity contribution in [2.45, 2.75) is 43.3 Å². The summed E-state index contributed by atoms with van der Waals surface area (Å²) in [6.45, 7) is 2.82. The van der Waals surface area contributed by atoms with Crippen LogP contribution in [0.15, 0.2) is 27.6 Å². The third-order valence-corrected chi connectivity index (χ3v) is 6.31. The molecular weight excluding hydrogens is 354 g/mol. The molecule has 3 N–H and O–H groups in total. The molecule has 1 unspecified atom stereocenters. The molecule has 0 aromatic heterocycles. The maximum absolute atomic E-state index is 12.4. The van der Waals surface area contributed by atoms with Crippen LogP contribution in [0, 0.1) is 0 Å². The fourth-order valence-electron chi connectivity index (χ4n) is 2.18. The number of sulfonamides is 1. The number of hydrogen-bond donors (Lipinski definition) is 2. The maximum atomic E-state index is 12.4. The van der Waals surface area contributed by atoms with Crippen LogP contribution in [0.25, 0.3) is 0 Å². The molecule has 1 aromatic rings.